The molecule has 0 saturated heterocycles. The van der Waals surface area contributed by atoms with Gasteiger partial charge in [-0.15, -0.1) is 0 Å². The lowest BCUT2D eigenvalue weighted by molar-refractivity contribution is 0.0527. The van der Waals surface area contributed by atoms with E-state index in [2.05, 4.69) is 15.0 Å². The van der Waals surface area contributed by atoms with E-state index < -0.39 is 5.97 Å². The fraction of sp³-hybridized carbons (Fsp3) is 0.167. The molecule has 8 heteroatoms. The van der Waals surface area contributed by atoms with Crippen molar-refractivity contribution in [2.75, 3.05) is 12.3 Å². The number of hydrogen-bond acceptors (Lipinski definition) is 7. The van der Waals surface area contributed by atoms with Crippen LogP contribution in [0.15, 0.2) is 39.5 Å². The number of esters is 1. The van der Waals surface area contributed by atoms with Crippen molar-refractivity contribution < 1.29 is 9.53 Å². The summed E-state index contributed by atoms with van der Waals surface area (Å²) in [4.78, 5) is 33.5. The van der Waals surface area contributed by atoms with Crippen molar-refractivity contribution in [3.05, 3.63) is 40.4 Å². The van der Waals surface area contributed by atoms with Gasteiger partial charge in [-0.3, -0.25) is 4.79 Å². The van der Waals surface area contributed by atoms with E-state index in [0.717, 1.165) is 11.8 Å². The summed E-state index contributed by atoms with van der Waals surface area (Å²) in [5, 5.41) is 0.725. The number of carbonyl (C=O) groups is 1. The summed E-state index contributed by atoms with van der Waals surface area (Å²) in [5.74, 6) is -0.510. The number of anilines is 1. The van der Waals surface area contributed by atoms with Crippen molar-refractivity contribution in [2.24, 2.45) is 0 Å². The molecular weight excluding hydrogens is 280 g/mol. The number of carbonyl (C=O) groups excluding carboxylic acids is 1. The minimum atomic E-state index is -0.510. The maximum atomic E-state index is 11.7. The number of nitrogens with one attached hydrogen (secondary N) is 1. The third-order valence-corrected chi connectivity index (χ3v) is 3.21. The van der Waals surface area contributed by atoms with Crippen LogP contribution in [0, 0.1) is 0 Å². The quantitative estimate of drug-likeness (QED) is 0.640. The predicted molar refractivity (Wildman–Crippen MR) is 73.6 cm³/mol. The average Bonchev–Trinajstić information content (AvgIpc) is 2.41. The van der Waals surface area contributed by atoms with E-state index >= 15 is 0 Å². The zero-order valence-corrected chi connectivity index (χ0v) is 11.4. The summed E-state index contributed by atoms with van der Waals surface area (Å²) in [7, 11) is 0. The van der Waals surface area contributed by atoms with Gasteiger partial charge in [-0.1, -0.05) is 0 Å². The summed E-state index contributed by atoms with van der Waals surface area (Å²) < 4.78 is 4.90. The molecule has 0 radical (unpaired) electrons. The Morgan fingerprint density at radius 1 is 1.40 bits per heavy atom. The lowest BCUT2D eigenvalue weighted by Crippen LogP contribution is -2.10. The van der Waals surface area contributed by atoms with Gasteiger partial charge in [0.25, 0.3) is 5.56 Å². The molecule has 104 valence electrons. The van der Waals surface area contributed by atoms with Gasteiger partial charge in [-0.25, -0.2) is 14.8 Å². The number of hydrogen-bond donors (Lipinski definition) is 2. The van der Waals surface area contributed by atoms with Crippen molar-refractivity contribution in [3.63, 3.8) is 0 Å². The molecule has 0 aliphatic carbocycles. The summed E-state index contributed by atoms with van der Waals surface area (Å²) in [6.07, 6.45) is 2.83. The van der Waals surface area contributed by atoms with Crippen molar-refractivity contribution in [1.29, 1.82) is 0 Å². The van der Waals surface area contributed by atoms with Crippen LogP contribution in [0.3, 0.4) is 0 Å². The smallest absolute Gasteiger partial charge is 0.340 e. The van der Waals surface area contributed by atoms with E-state index in [4.69, 9.17) is 10.5 Å². The Balaban J connectivity index is 2.31. The Hall–Kier alpha value is -2.35. The molecule has 2 rings (SSSR count). The highest BCUT2D eigenvalue weighted by Crippen LogP contribution is 2.29. The van der Waals surface area contributed by atoms with Crippen molar-refractivity contribution in [3.8, 4) is 0 Å². The van der Waals surface area contributed by atoms with Gasteiger partial charge in [0.1, 0.15) is 5.03 Å². The highest BCUT2D eigenvalue weighted by Gasteiger charge is 2.15. The molecule has 0 saturated carbocycles. The Bertz CT molecular complexity index is 686. The normalized spacial score (nSPS) is 10.2. The van der Waals surface area contributed by atoms with Gasteiger partial charge in [-0.2, -0.15) is 0 Å². The lowest BCUT2D eigenvalue weighted by Gasteiger charge is -2.08. The summed E-state index contributed by atoms with van der Waals surface area (Å²) in [5.41, 5.74) is 6.06. The third-order valence-electron chi connectivity index (χ3n) is 2.29. The molecule has 0 aliphatic rings. The van der Waals surface area contributed by atoms with Crippen LogP contribution >= 0.6 is 11.8 Å². The largest absolute Gasteiger partial charge is 0.462 e. The van der Waals surface area contributed by atoms with E-state index in [1.807, 2.05) is 0 Å². The van der Waals surface area contributed by atoms with Gasteiger partial charge in [-0.05, 0) is 24.8 Å². The second-order valence-electron chi connectivity index (χ2n) is 3.64. The number of pyridine rings is 1. The van der Waals surface area contributed by atoms with Crippen molar-refractivity contribution in [1.82, 2.24) is 15.0 Å². The van der Waals surface area contributed by atoms with Crippen LogP contribution in [0.2, 0.25) is 0 Å². The number of ether oxygens (including phenoxy) is 1. The number of nitrogens with two attached hydrogens (primary N) is 1. The molecule has 0 atom stereocenters. The average molecular weight is 292 g/mol. The second kappa shape index (κ2) is 6.20. The highest BCUT2D eigenvalue weighted by molar-refractivity contribution is 7.99. The highest BCUT2D eigenvalue weighted by atomic mass is 32.2. The Morgan fingerprint density at radius 2 is 2.15 bits per heavy atom. The SMILES string of the molecule is CCOC(=O)c1ccnc(Sc2nccc(=O)[nH]2)c1N. The molecule has 0 aliphatic heterocycles. The molecule has 7 nitrogen and oxygen atoms in total. The number of rotatable bonds is 4. The molecular formula is C12H12N4O3S. The minimum absolute atomic E-state index is 0.197. The molecule has 0 bridgehead atoms. The first-order valence-corrected chi connectivity index (χ1v) is 6.58. The first kappa shape index (κ1) is 14.1. The summed E-state index contributed by atoms with van der Waals surface area (Å²) in [6.45, 7) is 1.97. The van der Waals surface area contributed by atoms with E-state index in [9.17, 15) is 9.59 Å². The minimum Gasteiger partial charge on any atom is -0.462 e. The van der Waals surface area contributed by atoms with Gasteiger partial charge in [0.05, 0.1) is 17.9 Å². The second-order valence-corrected chi connectivity index (χ2v) is 4.62. The van der Waals surface area contributed by atoms with Crippen LogP contribution in [-0.4, -0.2) is 27.5 Å². The van der Waals surface area contributed by atoms with Gasteiger partial charge in [0, 0.05) is 18.5 Å². The standard InChI is InChI=1S/C12H12N4O3S/c1-2-19-11(18)7-3-5-14-10(9(7)13)20-12-15-6-4-8(17)16-12/h3-6H,2,13H2,1H3,(H,15,16,17). The van der Waals surface area contributed by atoms with Gasteiger partial charge >= 0.3 is 5.97 Å². The van der Waals surface area contributed by atoms with Crippen LogP contribution in [0.25, 0.3) is 0 Å². The number of nitrogen functional groups attached to an aromatic ring is 1. The molecule has 3 N–H and O–H groups in total. The van der Waals surface area contributed by atoms with Crippen LogP contribution in [0.4, 0.5) is 5.69 Å². The topological polar surface area (TPSA) is 111 Å². The van der Waals surface area contributed by atoms with E-state index in [1.165, 1.54) is 24.5 Å². The molecule has 0 aromatic carbocycles. The monoisotopic (exact) mass is 292 g/mol. The maximum Gasteiger partial charge on any atom is 0.340 e. The molecule has 20 heavy (non-hydrogen) atoms. The summed E-state index contributed by atoms with van der Waals surface area (Å²) in [6, 6.07) is 2.79. The molecule has 2 heterocycles. The molecule has 2 aromatic heterocycles. The number of nitrogens with zero attached hydrogens (tertiary/aromatic N) is 2. The fourth-order valence-corrected chi connectivity index (χ4v) is 2.20. The Kier molecular flexibility index (Phi) is 4.36. The van der Waals surface area contributed by atoms with E-state index in [-0.39, 0.29) is 23.4 Å². The lowest BCUT2D eigenvalue weighted by atomic mass is 10.2. The zero-order chi connectivity index (χ0) is 14.5. The van der Waals surface area contributed by atoms with Crippen LogP contribution < -0.4 is 11.3 Å². The van der Waals surface area contributed by atoms with Crippen LogP contribution in [0.1, 0.15) is 17.3 Å². The van der Waals surface area contributed by atoms with Crippen LogP contribution in [-0.2, 0) is 4.74 Å². The van der Waals surface area contributed by atoms with Crippen molar-refractivity contribution >= 4 is 23.4 Å². The number of aromatic amines is 1. The molecule has 0 amide bonds. The number of aromatic nitrogens is 3. The van der Waals surface area contributed by atoms with E-state index in [1.54, 1.807) is 6.92 Å². The first-order valence-electron chi connectivity index (χ1n) is 5.76. The van der Waals surface area contributed by atoms with Crippen LogP contribution in [0.5, 0.6) is 0 Å². The van der Waals surface area contributed by atoms with Gasteiger partial charge in [0.2, 0.25) is 0 Å². The van der Waals surface area contributed by atoms with Gasteiger partial charge in [0.15, 0.2) is 5.16 Å². The Labute approximate surface area is 118 Å². The zero-order valence-electron chi connectivity index (χ0n) is 10.6. The number of H-pyrrole nitrogens is 1. The molecule has 2 aromatic rings. The molecule has 0 fully saturated rings. The first-order chi connectivity index (χ1) is 9.61. The Morgan fingerprint density at radius 3 is 2.85 bits per heavy atom. The summed E-state index contributed by atoms with van der Waals surface area (Å²) >= 11 is 1.07. The van der Waals surface area contributed by atoms with Gasteiger partial charge < -0.3 is 15.5 Å². The maximum absolute atomic E-state index is 11.7. The predicted octanol–water partition coefficient (Wildman–Crippen LogP) is 1.07. The van der Waals surface area contributed by atoms with Crippen molar-refractivity contribution in [2.45, 2.75) is 17.1 Å². The molecule has 0 unspecified atom stereocenters. The third kappa shape index (κ3) is 3.15. The van der Waals surface area contributed by atoms with E-state index in [0.29, 0.717) is 10.2 Å². The molecule has 0 spiro atoms. The fourth-order valence-electron chi connectivity index (χ4n) is 1.42.